The SMILES string of the molecule is C[C@H]1CCN(C(=O)COc2ccc([N+](=O)[O-])cc2C=O)c2ccccc2S1. The molecule has 0 unspecified atom stereocenters. The Labute approximate surface area is 160 Å². The lowest BCUT2D eigenvalue weighted by Crippen LogP contribution is -2.36. The first-order chi connectivity index (χ1) is 13.0. The van der Waals surface area contributed by atoms with Gasteiger partial charge in [0, 0.05) is 28.8 Å². The van der Waals surface area contributed by atoms with Gasteiger partial charge >= 0.3 is 0 Å². The first-order valence-electron chi connectivity index (χ1n) is 8.42. The molecule has 0 saturated heterocycles. The molecule has 3 rings (SSSR count). The second-order valence-corrected chi connectivity index (χ2v) is 7.60. The molecule has 0 radical (unpaired) electrons. The predicted octanol–water partition coefficient (Wildman–Crippen LogP) is 3.70. The highest BCUT2D eigenvalue weighted by Crippen LogP contribution is 2.37. The lowest BCUT2D eigenvalue weighted by molar-refractivity contribution is -0.384. The summed E-state index contributed by atoms with van der Waals surface area (Å²) in [5.41, 5.74) is 0.681. The van der Waals surface area contributed by atoms with Gasteiger partial charge in [-0.05, 0) is 24.6 Å². The van der Waals surface area contributed by atoms with Crippen molar-refractivity contribution < 1.29 is 19.2 Å². The molecule has 0 spiro atoms. The minimum atomic E-state index is -0.588. The number of carbonyl (C=O) groups is 2. The van der Waals surface area contributed by atoms with Crippen molar-refractivity contribution in [3.05, 3.63) is 58.1 Å². The monoisotopic (exact) mass is 386 g/mol. The fourth-order valence-corrected chi connectivity index (χ4v) is 3.95. The van der Waals surface area contributed by atoms with Gasteiger partial charge in [0.05, 0.1) is 16.2 Å². The van der Waals surface area contributed by atoms with Crippen LogP contribution in [0.5, 0.6) is 5.75 Å². The molecule has 0 aliphatic carbocycles. The van der Waals surface area contributed by atoms with E-state index in [9.17, 15) is 19.7 Å². The number of nitro groups is 1. The van der Waals surface area contributed by atoms with Crippen LogP contribution < -0.4 is 9.64 Å². The number of rotatable bonds is 5. The van der Waals surface area contributed by atoms with Gasteiger partial charge in [-0.15, -0.1) is 11.8 Å². The second-order valence-electron chi connectivity index (χ2n) is 6.12. The molecule has 1 heterocycles. The lowest BCUT2D eigenvalue weighted by Gasteiger charge is -2.22. The van der Waals surface area contributed by atoms with Gasteiger partial charge in [-0.1, -0.05) is 19.1 Å². The number of hydrogen-bond donors (Lipinski definition) is 0. The van der Waals surface area contributed by atoms with Crippen molar-refractivity contribution in [1.82, 2.24) is 0 Å². The number of nitrogens with zero attached hydrogens (tertiary/aromatic N) is 2. The van der Waals surface area contributed by atoms with Gasteiger partial charge < -0.3 is 9.64 Å². The van der Waals surface area contributed by atoms with Gasteiger partial charge in [0.2, 0.25) is 0 Å². The van der Waals surface area contributed by atoms with Crippen LogP contribution in [0.3, 0.4) is 0 Å². The van der Waals surface area contributed by atoms with Crippen molar-refractivity contribution >= 4 is 35.3 Å². The van der Waals surface area contributed by atoms with E-state index < -0.39 is 4.92 Å². The first kappa shape index (κ1) is 18.9. The van der Waals surface area contributed by atoms with Crippen LogP contribution in [0.2, 0.25) is 0 Å². The van der Waals surface area contributed by atoms with E-state index in [0.717, 1.165) is 23.1 Å². The Hall–Kier alpha value is -2.87. The Morgan fingerprint density at radius 1 is 1.37 bits per heavy atom. The molecule has 27 heavy (non-hydrogen) atoms. The molecule has 1 amide bonds. The smallest absolute Gasteiger partial charge is 0.270 e. The van der Waals surface area contributed by atoms with E-state index in [2.05, 4.69) is 6.92 Å². The molecule has 140 valence electrons. The standard InChI is InChI=1S/C19H18N2O5S/c1-13-8-9-20(16-4-2-3-5-18(16)27-13)19(23)12-26-17-7-6-15(21(24)25)10-14(17)11-22/h2-7,10-11,13H,8-9,12H2,1H3/t13-/m0/s1. The topological polar surface area (TPSA) is 89.8 Å². The van der Waals surface area contributed by atoms with Crippen molar-refractivity contribution in [2.45, 2.75) is 23.5 Å². The number of hydrogen-bond acceptors (Lipinski definition) is 6. The van der Waals surface area contributed by atoms with Gasteiger partial charge in [0.25, 0.3) is 11.6 Å². The summed E-state index contributed by atoms with van der Waals surface area (Å²) in [6.45, 7) is 2.44. The molecule has 1 aliphatic rings. The zero-order valence-electron chi connectivity index (χ0n) is 14.7. The molecular weight excluding hydrogens is 368 g/mol. The maximum atomic E-state index is 12.8. The summed E-state index contributed by atoms with van der Waals surface area (Å²) < 4.78 is 5.51. The van der Waals surface area contributed by atoms with E-state index in [1.54, 1.807) is 16.7 Å². The molecule has 0 aromatic heterocycles. The van der Waals surface area contributed by atoms with E-state index >= 15 is 0 Å². The van der Waals surface area contributed by atoms with E-state index in [1.165, 1.54) is 12.1 Å². The third-order valence-corrected chi connectivity index (χ3v) is 5.46. The molecule has 0 N–H and O–H groups in total. The van der Waals surface area contributed by atoms with Crippen LogP contribution in [0, 0.1) is 10.1 Å². The number of fused-ring (bicyclic) bond motifs is 1. The van der Waals surface area contributed by atoms with Crippen LogP contribution in [0.25, 0.3) is 0 Å². The number of thioether (sulfide) groups is 1. The number of benzene rings is 2. The molecular formula is C19H18N2O5S. The summed E-state index contributed by atoms with van der Waals surface area (Å²) in [7, 11) is 0. The maximum absolute atomic E-state index is 12.8. The number of carbonyl (C=O) groups excluding carboxylic acids is 2. The number of anilines is 1. The minimum Gasteiger partial charge on any atom is -0.483 e. The van der Waals surface area contributed by atoms with Crippen LogP contribution in [0.4, 0.5) is 11.4 Å². The zero-order chi connectivity index (χ0) is 19.4. The molecule has 1 aliphatic heterocycles. The van der Waals surface area contributed by atoms with Crippen LogP contribution in [0.1, 0.15) is 23.7 Å². The molecule has 7 nitrogen and oxygen atoms in total. The lowest BCUT2D eigenvalue weighted by atomic mass is 10.2. The fourth-order valence-electron chi connectivity index (χ4n) is 2.84. The van der Waals surface area contributed by atoms with Crippen molar-refractivity contribution in [2.24, 2.45) is 0 Å². The van der Waals surface area contributed by atoms with Gasteiger partial charge in [-0.3, -0.25) is 19.7 Å². The van der Waals surface area contributed by atoms with Crippen LogP contribution in [-0.2, 0) is 4.79 Å². The van der Waals surface area contributed by atoms with E-state index in [4.69, 9.17) is 4.74 Å². The average Bonchev–Trinajstić information content (AvgIpc) is 2.84. The van der Waals surface area contributed by atoms with Gasteiger partial charge in [0.1, 0.15) is 5.75 Å². The molecule has 1 atom stereocenters. The summed E-state index contributed by atoms with van der Waals surface area (Å²) in [5.74, 6) is -0.0813. The molecule has 0 fully saturated rings. The van der Waals surface area contributed by atoms with E-state index in [-0.39, 0.29) is 29.5 Å². The Bertz CT molecular complexity index is 886. The minimum absolute atomic E-state index is 0.0393. The fraction of sp³-hybridized carbons (Fsp3) is 0.263. The maximum Gasteiger partial charge on any atom is 0.270 e. The number of para-hydroxylation sites is 1. The highest BCUT2D eigenvalue weighted by molar-refractivity contribution is 8.00. The van der Waals surface area contributed by atoms with Crippen molar-refractivity contribution in [3.8, 4) is 5.75 Å². The zero-order valence-corrected chi connectivity index (χ0v) is 15.5. The summed E-state index contributed by atoms with van der Waals surface area (Å²) in [5, 5.41) is 11.2. The van der Waals surface area contributed by atoms with Crippen LogP contribution in [-0.4, -0.2) is 35.5 Å². The largest absolute Gasteiger partial charge is 0.483 e. The highest BCUT2D eigenvalue weighted by atomic mass is 32.2. The van der Waals surface area contributed by atoms with Crippen LogP contribution in [0.15, 0.2) is 47.4 Å². The Balaban J connectivity index is 1.76. The first-order valence-corrected chi connectivity index (χ1v) is 9.30. The second kappa shape index (κ2) is 8.22. The van der Waals surface area contributed by atoms with Crippen LogP contribution >= 0.6 is 11.8 Å². The summed E-state index contributed by atoms with van der Waals surface area (Å²) in [4.78, 5) is 36.9. The average molecular weight is 386 g/mol. The molecule has 2 aromatic carbocycles. The van der Waals surface area contributed by atoms with Gasteiger partial charge in [-0.25, -0.2) is 0 Å². The third kappa shape index (κ3) is 4.28. The number of aldehydes is 1. The normalized spacial score (nSPS) is 16.2. The van der Waals surface area contributed by atoms with Crippen molar-refractivity contribution in [3.63, 3.8) is 0 Å². The van der Waals surface area contributed by atoms with E-state index in [1.807, 2.05) is 24.3 Å². The van der Waals surface area contributed by atoms with Crippen molar-refractivity contribution in [1.29, 1.82) is 0 Å². The molecule has 2 aromatic rings. The summed E-state index contributed by atoms with van der Waals surface area (Å²) >= 11 is 1.73. The molecule has 0 bridgehead atoms. The van der Waals surface area contributed by atoms with E-state index in [0.29, 0.717) is 18.1 Å². The number of nitro benzene ring substituents is 1. The highest BCUT2D eigenvalue weighted by Gasteiger charge is 2.24. The third-order valence-electron chi connectivity index (χ3n) is 4.23. The molecule has 8 heteroatoms. The Morgan fingerprint density at radius 3 is 2.89 bits per heavy atom. The number of non-ortho nitro benzene ring substituents is 1. The van der Waals surface area contributed by atoms with Gasteiger partial charge in [-0.2, -0.15) is 0 Å². The van der Waals surface area contributed by atoms with Crippen molar-refractivity contribution in [2.75, 3.05) is 18.1 Å². The summed E-state index contributed by atoms with van der Waals surface area (Å²) in [6, 6.07) is 11.4. The predicted molar refractivity (Wildman–Crippen MR) is 103 cm³/mol. The number of ether oxygens (including phenoxy) is 1. The summed E-state index contributed by atoms with van der Waals surface area (Å²) in [6.07, 6.45) is 1.33. The quantitative estimate of drug-likeness (QED) is 0.442. The Morgan fingerprint density at radius 2 is 2.15 bits per heavy atom. The van der Waals surface area contributed by atoms with Gasteiger partial charge in [0.15, 0.2) is 12.9 Å². The molecule has 0 saturated carbocycles. The number of amides is 1. The Kier molecular flexibility index (Phi) is 5.75.